The zero-order valence-electron chi connectivity index (χ0n) is 15.2. The molecule has 0 aliphatic heterocycles. The lowest BCUT2D eigenvalue weighted by Gasteiger charge is -2.29. The van der Waals surface area contributed by atoms with E-state index in [-0.39, 0.29) is 5.91 Å². The van der Waals surface area contributed by atoms with Crippen molar-refractivity contribution in [2.24, 2.45) is 5.92 Å². The van der Waals surface area contributed by atoms with Crippen LogP contribution in [-0.2, 0) is 10.5 Å². The molecule has 0 saturated heterocycles. The van der Waals surface area contributed by atoms with Crippen molar-refractivity contribution in [1.82, 2.24) is 15.5 Å². The molecule has 1 aliphatic rings. The Morgan fingerprint density at radius 2 is 2.23 bits per heavy atom. The molecule has 1 fully saturated rings. The van der Waals surface area contributed by atoms with E-state index in [1.807, 2.05) is 24.3 Å². The first-order valence-corrected chi connectivity index (χ1v) is 10.2. The molecule has 0 radical (unpaired) electrons. The van der Waals surface area contributed by atoms with Crippen molar-refractivity contribution in [1.29, 1.82) is 0 Å². The molecule has 6 nitrogen and oxygen atoms in total. The molecule has 7 heteroatoms. The van der Waals surface area contributed by atoms with Crippen molar-refractivity contribution in [2.45, 2.75) is 44.4 Å². The number of nitrogens with zero attached hydrogens (tertiary/aromatic N) is 2. The Morgan fingerprint density at radius 3 is 3.04 bits per heavy atom. The van der Waals surface area contributed by atoms with Crippen molar-refractivity contribution in [3.63, 3.8) is 0 Å². The second-order valence-corrected chi connectivity index (χ2v) is 7.66. The monoisotopic (exact) mass is 375 g/mol. The Labute approximate surface area is 158 Å². The van der Waals surface area contributed by atoms with Crippen molar-refractivity contribution >= 4 is 17.7 Å². The maximum atomic E-state index is 12.1. The molecular formula is C19H25N3O3S. The SMILES string of the molecule is COc1cccc(-c2noc(CSCC(=O)NC3CCCCC3C)n2)c1. The van der Waals surface area contributed by atoms with Crippen LogP contribution in [0.1, 0.15) is 38.5 Å². The second kappa shape index (κ2) is 9.07. The van der Waals surface area contributed by atoms with E-state index in [1.54, 1.807) is 7.11 Å². The van der Waals surface area contributed by atoms with E-state index < -0.39 is 0 Å². The molecule has 0 bridgehead atoms. The lowest BCUT2D eigenvalue weighted by Crippen LogP contribution is -2.41. The van der Waals surface area contributed by atoms with Crippen LogP contribution < -0.4 is 10.1 Å². The topological polar surface area (TPSA) is 77.2 Å². The van der Waals surface area contributed by atoms with Crippen LogP contribution in [0.2, 0.25) is 0 Å². The van der Waals surface area contributed by atoms with Gasteiger partial charge < -0.3 is 14.6 Å². The number of benzene rings is 1. The Balaban J connectivity index is 1.46. The predicted octanol–water partition coefficient (Wildman–Crippen LogP) is 3.67. The summed E-state index contributed by atoms with van der Waals surface area (Å²) in [6, 6.07) is 7.84. The van der Waals surface area contributed by atoms with Crippen molar-refractivity contribution in [2.75, 3.05) is 12.9 Å². The molecule has 1 saturated carbocycles. The van der Waals surface area contributed by atoms with Crippen LogP contribution >= 0.6 is 11.8 Å². The molecule has 1 heterocycles. The van der Waals surface area contributed by atoms with E-state index in [2.05, 4.69) is 22.4 Å². The molecule has 0 spiro atoms. The van der Waals surface area contributed by atoms with Crippen molar-refractivity contribution in [3.8, 4) is 17.1 Å². The van der Waals surface area contributed by atoms with Gasteiger partial charge in [-0.25, -0.2) is 0 Å². The van der Waals surface area contributed by atoms with Crippen LogP contribution in [0.15, 0.2) is 28.8 Å². The van der Waals surface area contributed by atoms with E-state index in [4.69, 9.17) is 9.26 Å². The first-order chi connectivity index (χ1) is 12.7. The fourth-order valence-corrected chi connectivity index (χ4v) is 3.87. The molecule has 1 N–H and O–H groups in total. The molecule has 1 aliphatic carbocycles. The number of aromatic nitrogens is 2. The summed E-state index contributed by atoms with van der Waals surface area (Å²) in [5.41, 5.74) is 0.841. The van der Waals surface area contributed by atoms with Gasteiger partial charge in [-0.3, -0.25) is 4.79 Å². The normalized spacial score (nSPS) is 19.9. The highest BCUT2D eigenvalue weighted by molar-refractivity contribution is 7.99. The molecule has 2 unspecified atom stereocenters. The first-order valence-electron chi connectivity index (χ1n) is 9.00. The van der Waals surface area contributed by atoms with Gasteiger partial charge >= 0.3 is 0 Å². The van der Waals surface area contributed by atoms with Crippen LogP contribution in [0.3, 0.4) is 0 Å². The van der Waals surface area contributed by atoms with Gasteiger partial charge in [0.05, 0.1) is 18.6 Å². The summed E-state index contributed by atoms with van der Waals surface area (Å²) in [6.07, 6.45) is 4.77. The van der Waals surface area contributed by atoms with Gasteiger partial charge in [-0.05, 0) is 30.9 Å². The lowest BCUT2D eigenvalue weighted by atomic mass is 9.86. The van der Waals surface area contributed by atoms with Crippen LogP contribution in [-0.4, -0.2) is 35.0 Å². The molecule has 140 valence electrons. The smallest absolute Gasteiger partial charge is 0.236 e. The first kappa shape index (κ1) is 18.8. The van der Waals surface area contributed by atoms with Gasteiger partial charge in [0, 0.05) is 11.6 Å². The number of ether oxygens (including phenoxy) is 1. The Kier molecular flexibility index (Phi) is 6.55. The van der Waals surface area contributed by atoms with Gasteiger partial charge in [0.25, 0.3) is 0 Å². The number of hydrogen-bond acceptors (Lipinski definition) is 6. The standard InChI is InChI=1S/C19H25N3O3S/c1-13-6-3-4-9-16(13)20-17(23)11-26-12-18-21-19(22-25-18)14-7-5-8-15(10-14)24-2/h5,7-8,10,13,16H,3-4,6,9,11-12H2,1-2H3,(H,20,23). The van der Waals surface area contributed by atoms with Crippen LogP contribution in [0.25, 0.3) is 11.4 Å². The van der Waals surface area contributed by atoms with E-state index in [0.717, 1.165) is 17.7 Å². The number of hydrogen-bond donors (Lipinski definition) is 1. The summed E-state index contributed by atoms with van der Waals surface area (Å²) in [5.74, 6) is 3.37. The number of carbonyl (C=O) groups excluding carboxylic acids is 1. The fraction of sp³-hybridized carbons (Fsp3) is 0.526. The summed E-state index contributed by atoms with van der Waals surface area (Å²) < 4.78 is 10.5. The van der Waals surface area contributed by atoms with Gasteiger partial charge in [0.1, 0.15) is 5.75 Å². The molecule has 1 aromatic carbocycles. The third-order valence-corrected chi connectivity index (χ3v) is 5.63. The highest BCUT2D eigenvalue weighted by Crippen LogP contribution is 2.24. The molecule has 2 aromatic rings. The molecule has 2 atom stereocenters. The molecular weight excluding hydrogens is 350 g/mol. The largest absolute Gasteiger partial charge is 0.497 e. The Morgan fingerprint density at radius 1 is 1.38 bits per heavy atom. The van der Waals surface area contributed by atoms with Gasteiger partial charge in [-0.15, -0.1) is 11.8 Å². The fourth-order valence-electron chi connectivity index (χ4n) is 3.20. The maximum Gasteiger partial charge on any atom is 0.236 e. The van der Waals surface area contributed by atoms with E-state index in [1.165, 1.54) is 31.0 Å². The molecule has 3 rings (SSSR count). The van der Waals surface area contributed by atoms with Gasteiger partial charge in [-0.1, -0.05) is 37.1 Å². The highest BCUT2D eigenvalue weighted by atomic mass is 32.2. The number of amides is 1. The third-order valence-electron chi connectivity index (χ3n) is 4.71. The highest BCUT2D eigenvalue weighted by Gasteiger charge is 2.22. The summed E-state index contributed by atoms with van der Waals surface area (Å²) in [5, 5.41) is 7.17. The van der Waals surface area contributed by atoms with Crippen LogP contribution in [0.4, 0.5) is 0 Å². The van der Waals surface area contributed by atoms with Crippen molar-refractivity contribution < 1.29 is 14.1 Å². The summed E-state index contributed by atoms with van der Waals surface area (Å²) in [6.45, 7) is 2.22. The predicted molar refractivity (Wildman–Crippen MR) is 102 cm³/mol. The number of carbonyl (C=O) groups is 1. The van der Waals surface area contributed by atoms with Gasteiger partial charge in [0.15, 0.2) is 0 Å². The lowest BCUT2D eigenvalue weighted by molar-refractivity contribution is -0.119. The summed E-state index contributed by atoms with van der Waals surface area (Å²) in [7, 11) is 1.62. The number of methoxy groups -OCH3 is 1. The van der Waals surface area contributed by atoms with Gasteiger partial charge in [0.2, 0.25) is 17.6 Å². The van der Waals surface area contributed by atoms with Gasteiger partial charge in [-0.2, -0.15) is 4.98 Å². The molecule has 26 heavy (non-hydrogen) atoms. The molecule has 1 amide bonds. The summed E-state index contributed by atoms with van der Waals surface area (Å²) >= 11 is 1.49. The van der Waals surface area contributed by atoms with E-state index in [0.29, 0.717) is 35.2 Å². The van der Waals surface area contributed by atoms with E-state index >= 15 is 0 Å². The number of thioether (sulfide) groups is 1. The maximum absolute atomic E-state index is 12.1. The average molecular weight is 375 g/mol. The zero-order valence-corrected chi connectivity index (χ0v) is 16.1. The Hall–Kier alpha value is -2.02. The Bertz CT molecular complexity index is 734. The minimum Gasteiger partial charge on any atom is -0.497 e. The minimum absolute atomic E-state index is 0.0845. The third kappa shape index (κ3) is 5.00. The second-order valence-electron chi connectivity index (χ2n) is 6.67. The summed E-state index contributed by atoms with van der Waals surface area (Å²) in [4.78, 5) is 16.5. The number of rotatable bonds is 7. The van der Waals surface area contributed by atoms with E-state index in [9.17, 15) is 4.79 Å². The number of nitrogens with one attached hydrogen (secondary N) is 1. The van der Waals surface area contributed by atoms with Crippen molar-refractivity contribution in [3.05, 3.63) is 30.2 Å². The zero-order chi connectivity index (χ0) is 18.4. The average Bonchev–Trinajstić information content (AvgIpc) is 3.13. The van der Waals surface area contributed by atoms with Crippen LogP contribution in [0.5, 0.6) is 5.75 Å². The molecule has 1 aromatic heterocycles. The quantitative estimate of drug-likeness (QED) is 0.795. The minimum atomic E-state index is 0.0845. The van der Waals surface area contributed by atoms with Crippen LogP contribution in [0, 0.1) is 5.92 Å².